The van der Waals surface area contributed by atoms with E-state index in [0.29, 0.717) is 19.0 Å². The van der Waals surface area contributed by atoms with E-state index in [9.17, 15) is 4.79 Å². The van der Waals surface area contributed by atoms with Crippen LogP contribution in [0.15, 0.2) is 30.3 Å². The molecule has 0 aliphatic carbocycles. The third-order valence-electron chi connectivity index (χ3n) is 3.95. The van der Waals surface area contributed by atoms with Crippen LogP contribution in [0.1, 0.15) is 33.3 Å². The van der Waals surface area contributed by atoms with Crippen LogP contribution in [-0.4, -0.2) is 40.3 Å². The van der Waals surface area contributed by atoms with Gasteiger partial charge in [-0.25, -0.2) is 9.78 Å². The summed E-state index contributed by atoms with van der Waals surface area (Å²) in [5.41, 5.74) is 1.13. The van der Waals surface area contributed by atoms with Gasteiger partial charge in [-0.15, -0.1) is 0 Å². The summed E-state index contributed by atoms with van der Waals surface area (Å²) in [5.74, 6) is 0.595. The molecule has 5 heteroatoms. The molecule has 128 valence electrons. The van der Waals surface area contributed by atoms with Gasteiger partial charge in [0.15, 0.2) is 0 Å². The van der Waals surface area contributed by atoms with Crippen molar-refractivity contribution in [2.75, 3.05) is 13.1 Å². The van der Waals surface area contributed by atoms with Gasteiger partial charge in [-0.1, -0.05) is 18.2 Å². The second-order valence-electron chi connectivity index (χ2n) is 7.68. The number of hydrogen-bond acceptors (Lipinski definition) is 4. The molecule has 0 spiro atoms. The highest BCUT2D eigenvalue weighted by Crippen LogP contribution is 2.30. The van der Waals surface area contributed by atoms with E-state index in [-0.39, 0.29) is 6.09 Å². The Labute approximate surface area is 142 Å². The Hall–Kier alpha value is -2.30. The van der Waals surface area contributed by atoms with Crippen molar-refractivity contribution < 1.29 is 14.3 Å². The van der Waals surface area contributed by atoms with Gasteiger partial charge in [0, 0.05) is 11.5 Å². The topological polar surface area (TPSA) is 51.7 Å². The van der Waals surface area contributed by atoms with Crippen molar-refractivity contribution in [2.45, 2.75) is 45.8 Å². The number of nitrogens with zero attached hydrogens (tertiary/aromatic N) is 2. The molecule has 0 atom stereocenters. The number of carbonyl (C=O) groups excluding carboxylic acids is 1. The standard InChI is InChI=1S/C19H24N2O3/c1-13-10-16(20-15-9-7-6-8-14(13)15)23-19(5)11-21(12-19)17(22)24-18(2,3)4/h6-10H,11-12H2,1-5H3. The molecule has 1 saturated heterocycles. The normalized spacial score (nSPS) is 16.6. The third-order valence-corrected chi connectivity index (χ3v) is 3.95. The number of carbonyl (C=O) groups is 1. The Morgan fingerprint density at radius 1 is 1.25 bits per heavy atom. The van der Waals surface area contributed by atoms with Crippen molar-refractivity contribution in [1.82, 2.24) is 9.88 Å². The summed E-state index contributed by atoms with van der Waals surface area (Å²) in [4.78, 5) is 18.3. The van der Waals surface area contributed by atoms with Gasteiger partial charge in [-0.05, 0) is 46.2 Å². The molecule has 5 nitrogen and oxygen atoms in total. The first-order valence-electron chi connectivity index (χ1n) is 8.19. The van der Waals surface area contributed by atoms with Crippen LogP contribution in [0.2, 0.25) is 0 Å². The zero-order valence-corrected chi connectivity index (χ0v) is 14.9. The average Bonchev–Trinajstić information content (AvgIpc) is 2.42. The molecule has 0 saturated carbocycles. The number of ether oxygens (including phenoxy) is 2. The molecule has 24 heavy (non-hydrogen) atoms. The first kappa shape index (κ1) is 16.6. The Morgan fingerprint density at radius 3 is 2.58 bits per heavy atom. The summed E-state index contributed by atoms with van der Waals surface area (Å²) in [6.45, 7) is 10.6. The van der Waals surface area contributed by atoms with Crippen LogP contribution in [0.3, 0.4) is 0 Å². The molecule has 0 radical (unpaired) electrons. The van der Waals surface area contributed by atoms with Crippen LogP contribution in [0, 0.1) is 6.92 Å². The van der Waals surface area contributed by atoms with Crippen LogP contribution in [0.4, 0.5) is 4.79 Å². The Morgan fingerprint density at radius 2 is 1.92 bits per heavy atom. The number of hydrogen-bond donors (Lipinski definition) is 0. The largest absolute Gasteiger partial charge is 0.468 e. The van der Waals surface area contributed by atoms with Gasteiger partial charge in [0.1, 0.15) is 11.2 Å². The summed E-state index contributed by atoms with van der Waals surface area (Å²) >= 11 is 0. The van der Waals surface area contributed by atoms with Crippen molar-refractivity contribution in [2.24, 2.45) is 0 Å². The molecule has 1 aromatic heterocycles. The molecular formula is C19H24N2O3. The molecule has 1 amide bonds. The maximum Gasteiger partial charge on any atom is 0.410 e. The van der Waals surface area contributed by atoms with E-state index in [1.807, 2.05) is 58.9 Å². The minimum atomic E-state index is -0.485. The summed E-state index contributed by atoms with van der Waals surface area (Å²) in [7, 11) is 0. The number of aromatic nitrogens is 1. The zero-order chi connectivity index (χ0) is 17.5. The van der Waals surface area contributed by atoms with Crippen LogP contribution in [-0.2, 0) is 4.74 Å². The number of likely N-dealkylation sites (tertiary alicyclic amines) is 1. The van der Waals surface area contributed by atoms with E-state index >= 15 is 0 Å². The number of fused-ring (bicyclic) bond motifs is 1. The fourth-order valence-electron chi connectivity index (χ4n) is 2.90. The van der Waals surface area contributed by atoms with E-state index in [2.05, 4.69) is 11.1 Å². The monoisotopic (exact) mass is 328 g/mol. The molecule has 3 rings (SSSR count). The van der Waals surface area contributed by atoms with Crippen molar-refractivity contribution in [3.8, 4) is 5.88 Å². The second kappa shape index (κ2) is 5.65. The number of pyridine rings is 1. The quantitative estimate of drug-likeness (QED) is 0.838. The maximum absolute atomic E-state index is 12.0. The Kier molecular flexibility index (Phi) is 3.90. The van der Waals surface area contributed by atoms with Gasteiger partial charge in [0.2, 0.25) is 5.88 Å². The molecular weight excluding hydrogens is 304 g/mol. The molecule has 1 aliphatic rings. The molecule has 1 aromatic carbocycles. The minimum absolute atomic E-state index is 0.300. The number of rotatable bonds is 2. The zero-order valence-electron chi connectivity index (χ0n) is 14.9. The van der Waals surface area contributed by atoms with Crippen molar-refractivity contribution in [3.05, 3.63) is 35.9 Å². The van der Waals surface area contributed by atoms with Gasteiger partial charge < -0.3 is 14.4 Å². The van der Waals surface area contributed by atoms with Crippen LogP contribution < -0.4 is 4.74 Å². The lowest BCUT2D eigenvalue weighted by Crippen LogP contribution is -2.65. The first-order chi connectivity index (χ1) is 11.2. The van der Waals surface area contributed by atoms with Crippen LogP contribution >= 0.6 is 0 Å². The maximum atomic E-state index is 12.0. The molecule has 0 N–H and O–H groups in total. The lowest BCUT2D eigenvalue weighted by atomic mass is 9.97. The van der Waals surface area contributed by atoms with E-state index < -0.39 is 11.2 Å². The van der Waals surface area contributed by atoms with Gasteiger partial charge in [-0.2, -0.15) is 0 Å². The predicted molar refractivity (Wildman–Crippen MR) is 93.3 cm³/mol. The molecule has 0 unspecified atom stereocenters. The molecule has 2 heterocycles. The molecule has 1 aliphatic heterocycles. The van der Waals surface area contributed by atoms with E-state index in [4.69, 9.17) is 9.47 Å². The van der Waals surface area contributed by atoms with Crippen LogP contribution in [0.25, 0.3) is 10.9 Å². The summed E-state index contributed by atoms with van der Waals surface area (Å²) in [6, 6.07) is 9.95. The molecule has 0 bridgehead atoms. The highest BCUT2D eigenvalue weighted by molar-refractivity contribution is 5.82. The Balaban J connectivity index is 1.68. The second-order valence-corrected chi connectivity index (χ2v) is 7.68. The van der Waals surface area contributed by atoms with E-state index in [0.717, 1.165) is 16.5 Å². The van der Waals surface area contributed by atoms with Crippen molar-refractivity contribution >= 4 is 17.0 Å². The highest BCUT2D eigenvalue weighted by Gasteiger charge is 2.45. The number of amides is 1. The number of benzene rings is 1. The first-order valence-corrected chi connectivity index (χ1v) is 8.19. The molecule has 2 aromatic rings. The Bertz CT molecular complexity index is 774. The minimum Gasteiger partial charge on any atom is -0.468 e. The summed E-state index contributed by atoms with van der Waals surface area (Å²) < 4.78 is 11.5. The van der Waals surface area contributed by atoms with Gasteiger partial charge in [-0.3, -0.25) is 0 Å². The van der Waals surface area contributed by atoms with Gasteiger partial charge in [0.25, 0.3) is 0 Å². The van der Waals surface area contributed by atoms with Gasteiger partial charge in [0.05, 0.1) is 18.6 Å². The summed E-state index contributed by atoms with van der Waals surface area (Å²) in [6.07, 6.45) is -0.300. The SMILES string of the molecule is Cc1cc(OC2(C)CN(C(=O)OC(C)(C)C)C2)nc2ccccc12. The van der Waals surface area contributed by atoms with Crippen LogP contribution in [0.5, 0.6) is 5.88 Å². The lowest BCUT2D eigenvalue weighted by molar-refractivity contribution is -0.0728. The number of para-hydroxylation sites is 1. The van der Waals surface area contributed by atoms with E-state index in [1.165, 1.54) is 0 Å². The van der Waals surface area contributed by atoms with E-state index in [1.54, 1.807) is 4.90 Å². The highest BCUT2D eigenvalue weighted by atomic mass is 16.6. The predicted octanol–water partition coefficient (Wildman–Crippen LogP) is 3.93. The van der Waals surface area contributed by atoms with Crippen molar-refractivity contribution in [3.63, 3.8) is 0 Å². The average molecular weight is 328 g/mol. The fraction of sp³-hybridized carbons (Fsp3) is 0.474. The third kappa shape index (κ3) is 3.45. The fourth-order valence-corrected chi connectivity index (χ4v) is 2.90. The smallest absolute Gasteiger partial charge is 0.410 e. The van der Waals surface area contributed by atoms with Gasteiger partial charge >= 0.3 is 6.09 Å². The lowest BCUT2D eigenvalue weighted by Gasteiger charge is -2.46. The number of aryl methyl sites for hydroxylation is 1. The van der Waals surface area contributed by atoms with Crippen molar-refractivity contribution in [1.29, 1.82) is 0 Å². The summed E-state index contributed by atoms with van der Waals surface area (Å²) in [5, 5.41) is 1.12. The molecule has 1 fully saturated rings.